The molecule has 1 saturated heterocycles. The normalized spacial score (nSPS) is 41.0. The number of fused-ring (bicyclic) bond motifs is 7. The molecule has 296 valence electrons. The fourth-order valence-corrected chi connectivity index (χ4v) is 14.3. The number of carboxylic acid groups (broad SMARTS) is 1. The quantitative estimate of drug-likeness (QED) is 0.125. The molecule has 7 nitrogen and oxygen atoms in total. The topological polar surface area (TPSA) is 95.9 Å². The van der Waals surface area contributed by atoms with E-state index in [0.717, 1.165) is 51.6 Å². The zero-order valence-corrected chi connectivity index (χ0v) is 33.6. The fourth-order valence-electron chi connectivity index (χ4n) is 14.3. The van der Waals surface area contributed by atoms with E-state index in [1.165, 1.54) is 63.6 Å². The second kappa shape index (κ2) is 14.6. The van der Waals surface area contributed by atoms with Crippen LogP contribution >= 0.6 is 0 Å². The van der Waals surface area contributed by atoms with E-state index >= 15 is 0 Å². The van der Waals surface area contributed by atoms with Crippen molar-refractivity contribution >= 4 is 17.8 Å². The van der Waals surface area contributed by atoms with Gasteiger partial charge in [-0.25, -0.2) is 0 Å². The van der Waals surface area contributed by atoms with E-state index in [-0.39, 0.29) is 58.9 Å². The average Bonchev–Trinajstić information content (AvgIpc) is 3.69. The largest absolute Gasteiger partial charge is 0.481 e. The number of ether oxygens (including phenoxy) is 1. The van der Waals surface area contributed by atoms with E-state index in [9.17, 15) is 19.5 Å². The maximum absolute atomic E-state index is 13.7. The average molecular weight is 725 g/mol. The van der Waals surface area contributed by atoms with Gasteiger partial charge >= 0.3 is 11.9 Å². The van der Waals surface area contributed by atoms with Gasteiger partial charge in [0, 0.05) is 18.4 Å². The van der Waals surface area contributed by atoms with E-state index in [1.54, 1.807) is 13.8 Å². The first-order valence-corrected chi connectivity index (χ1v) is 20.9. The molecule has 10 atom stereocenters. The number of nitrogens with zero attached hydrogens (tertiary/aromatic N) is 1. The first-order valence-electron chi connectivity index (χ1n) is 20.9. The van der Waals surface area contributed by atoms with E-state index in [0.29, 0.717) is 36.0 Å². The monoisotopic (exact) mass is 725 g/mol. The summed E-state index contributed by atoms with van der Waals surface area (Å²) in [5.74, 6) is 1.58. The number of nitrogens with one attached hydrogen (secondary N) is 1. The Morgan fingerprint density at radius 1 is 0.885 bits per heavy atom. The van der Waals surface area contributed by atoms with Crippen molar-refractivity contribution in [1.29, 1.82) is 0 Å². The predicted octanol–water partition coefficient (Wildman–Crippen LogP) is 9.69. The maximum atomic E-state index is 13.7. The summed E-state index contributed by atoms with van der Waals surface area (Å²) in [6.07, 6.45) is 15.4. The molecule has 1 amide bonds. The summed E-state index contributed by atoms with van der Waals surface area (Å²) in [6.45, 7) is 26.8. The highest BCUT2D eigenvalue weighted by Crippen LogP contribution is 2.78. The number of hydrogen-bond donors (Lipinski definition) is 2. The lowest BCUT2D eigenvalue weighted by Gasteiger charge is -2.73. The van der Waals surface area contributed by atoms with Crippen molar-refractivity contribution in [2.24, 2.45) is 62.1 Å². The number of allylic oxidation sites excluding steroid dienone is 1. The molecule has 7 heteroatoms. The fraction of sp³-hybridized carbons (Fsp3) is 0.889. The van der Waals surface area contributed by atoms with E-state index in [1.807, 2.05) is 0 Å². The van der Waals surface area contributed by atoms with Crippen molar-refractivity contribution in [3.05, 3.63) is 12.2 Å². The number of carbonyl (C=O) groups is 3. The molecule has 0 aromatic carbocycles. The lowest BCUT2D eigenvalue weighted by molar-refractivity contribution is -0.250. The molecule has 1 heterocycles. The smallest absolute Gasteiger partial charge is 0.309 e. The highest BCUT2D eigenvalue weighted by Gasteiger charge is 2.71. The van der Waals surface area contributed by atoms with Crippen LogP contribution in [0.3, 0.4) is 0 Å². The van der Waals surface area contributed by atoms with Crippen molar-refractivity contribution in [2.45, 2.75) is 165 Å². The Labute approximate surface area is 317 Å². The van der Waals surface area contributed by atoms with Crippen LogP contribution in [0.25, 0.3) is 0 Å². The van der Waals surface area contributed by atoms with Gasteiger partial charge in [-0.2, -0.15) is 0 Å². The number of carboxylic acids is 1. The van der Waals surface area contributed by atoms with Gasteiger partial charge in [0.25, 0.3) is 0 Å². The van der Waals surface area contributed by atoms with Crippen LogP contribution < -0.4 is 5.32 Å². The van der Waals surface area contributed by atoms with Crippen molar-refractivity contribution in [3.63, 3.8) is 0 Å². The minimum Gasteiger partial charge on any atom is -0.481 e. The van der Waals surface area contributed by atoms with Gasteiger partial charge in [0.05, 0.1) is 11.8 Å². The molecule has 0 spiro atoms. The van der Waals surface area contributed by atoms with E-state index in [2.05, 4.69) is 58.3 Å². The van der Waals surface area contributed by atoms with Gasteiger partial charge in [-0.3, -0.25) is 14.4 Å². The van der Waals surface area contributed by atoms with Gasteiger partial charge < -0.3 is 20.1 Å². The van der Waals surface area contributed by atoms with Gasteiger partial charge in [-0.05, 0) is 175 Å². The Morgan fingerprint density at radius 3 is 2.23 bits per heavy atom. The molecule has 0 unspecified atom stereocenters. The first-order chi connectivity index (χ1) is 23.8. The van der Waals surface area contributed by atoms with E-state index in [4.69, 9.17) is 4.74 Å². The Kier molecular flexibility index (Phi) is 11.6. The molecule has 0 aromatic heterocycles. The molecule has 1 aliphatic heterocycles. The third kappa shape index (κ3) is 6.82. The minimum atomic E-state index is -1.14. The maximum Gasteiger partial charge on any atom is 0.309 e. The van der Waals surface area contributed by atoms with Crippen LogP contribution in [-0.2, 0) is 19.1 Å². The zero-order chi connectivity index (χ0) is 37.2. The summed E-state index contributed by atoms with van der Waals surface area (Å²) in [7, 11) is 0. The second-order valence-electron chi connectivity index (χ2n) is 20.7. The Bertz CT molecular complexity index is 1370. The van der Waals surface area contributed by atoms with Gasteiger partial charge in [0.1, 0.15) is 6.10 Å². The summed E-state index contributed by atoms with van der Waals surface area (Å²) < 4.78 is 6.19. The standard InChI is InChI=1S/C44H72N2O5.CH4/c1-29(2)30-15-20-44(27-35(47)45-23-12-26-46-24-10-11-25-46)22-21-42(8)31(37(30)44)13-14-33-41(7)18-17-34(51-36(48)28-39(3,4)38(49)50)40(5,6)32(41)16-19-43(33,42)9;/h30-34,37H,1,10-28H2,2-9H3,(H,45,47)(H,49,50);1H4/t30-,31+,32-,33+,34-,37+,41-,42+,43+,44+;/m0./s1. The number of carbonyl (C=O) groups excluding carboxylic acids is 2. The van der Waals surface area contributed by atoms with Crippen LogP contribution in [-0.4, -0.2) is 60.1 Å². The highest BCUT2D eigenvalue weighted by molar-refractivity contribution is 5.81. The van der Waals surface area contributed by atoms with E-state index < -0.39 is 11.4 Å². The molecule has 0 bridgehead atoms. The number of hydrogen-bond acceptors (Lipinski definition) is 5. The second-order valence-corrected chi connectivity index (χ2v) is 20.7. The third-order valence-corrected chi connectivity index (χ3v) is 17.3. The summed E-state index contributed by atoms with van der Waals surface area (Å²) in [4.78, 5) is 41.1. The van der Waals surface area contributed by atoms with Crippen molar-refractivity contribution in [1.82, 2.24) is 10.2 Å². The number of esters is 1. The number of amides is 1. The van der Waals surface area contributed by atoms with Crippen LogP contribution in [0, 0.1) is 62.1 Å². The molecule has 6 fully saturated rings. The van der Waals surface area contributed by atoms with Crippen LogP contribution in [0.1, 0.15) is 159 Å². The SMILES string of the molecule is C.C=C(C)[C@@H]1CC[C@]2(CC(=O)NCCCN3CCCC3)CC[C@]3(C)[C@H](CC[C@@H]4[C@@]5(C)CC[C@H](OC(=O)CC(C)(C)C(=O)O)C(C)(C)[C@@H]5CC[C@]43C)[C@@H]12. The van der Waals surface area contributed by atoms with Crippen molar-refractivity contribution in [3.8, 4) is 0 Å². The molecule has 5 aliphatic carbocycles. The summed E-state index contributed by atoms with van der Waals surface area (Å²) in [5.41, 5.74) is 0.645. The molecule has 6 rings (SSSR count). The van der Waals surface area contributed by atoms with Crippen LogP contribution in [0.15, 0.2) is 12.2 Å². The first kappa shape index (κ1) is 41.3. The lowest BCUT2D eigenvalue weighted by Crippen LogP contribution is -2.67. The highest BCUT2D eigenvalue weighted by atomic mass is 16.5. The molecule has 6 aliphatic rings. The molecule has 0 radical (unpaired) electrons. The summed E-state index contributed by atoms with van der Waals surface area (Å²) in [5, 5.41) is 13.0. The predicted molar refractivity (Wildman–Crippen MR) is 210 cm³/mol. The Morgan fingerprint density at radius 2 is 1.58 bits per heavy atom. The zero-order valence-electron chi connectivity index (χ0n) is 33.6. The minimum absolute atomic E-state index is 0. The number of aliphatic carboxylic acids is 1. The van der Waals surface area contributed by atoms with Crippen LogP contribution in [0.4, 0.5) is 0 Å². The van der Waals surface area contributed by atoms with Crippen molar-refractivity contribution < 1.29 is 24.2 Å². The third-order valence-electron chi connectivity index (χ3n) is 17.3. The molecule has 5 saturated carbocycles. The number of likely N-dealkylation sites (tertiary alicyclic amines) is 1. The lowest BCUT2D eigenvalue weighted by atomic mass is 9.32. The van der Waals surface area contributed by atoms with Gasteiger partial charge in [0.15, 0.2) is 0 Å². The molecule has 2 N–H and O–H groups in total. The molecular weight excluding hydrogens is 649 g/mol. The van der Waals surface area contributed by atoms with Crippen LogP contribution in [0.2, 0.25) is 0 Å². The Hall–Kier alpha value is -1.89. The summed E-state index contributed by atoms with van der Waals surface area (Å²) in [6, 6.07) is 0. The number of rotatable bonds is 11. The Balaban J connectivity index is 0.00000523. The molecule has 0 aromatic rings. The molecular formula is C45H76N2O5. The van der Waals surface area contributed by atoms with Gasteiger partial charge in [-0.15, -0.1) is 0 Å². The van der Waals surface area contributed by atoms with Crippen molar-refractivity contribution in [2.75, 3.05) is 26.2 Å². The van der Waals surface area contributed by atoms with Crippen LogP contribution in [0.5, 0.6) is 0 Å². The van der Waals surface area contributed by atoms with Gasteiger partial charge in [-0.1, -0.05) is 54.2 Å². The molecule has 52 heavy (non-hydrogen) atoms. The van der Waals surface area contributed by atoms with Gasteiger partial charge in [0.2, 0.25) is 5.91 Å². The summed E-state index contributed by atoms with van der Waals surface area (Å²) >= 11 is 0.